The second-order valence-electron chi connectivity index (χ2n) is 6.37. The summed E-state index contributed by atoms with van der Waals surface area (Å²) in [6.45, 7) is -0.372. The number of aromatic amines is 1. The van der Waals surface area contributed by atoms with Crippen LogP contribution in [-0.4, -0.2) is 27.7 Å². The lowest BCUT2D eigenvalue weighted by atomic mass is 9.96. The number of aliphatic hydroxyl groups excluding tert-OH is 1. The zero-order valence-electron chi connectivity index (χ0n) is 14.5. The summed E-state index contributed by atoms with van der Waals surface area (Å²) in [5, 5.41) is 21.5. The molecule has 0 atom stereocenters. The third-order valence-corrected chi connectivity index (χ3v) is 5.74. The van der Waals surface area contributed by atoms with Crippen LogP contribution in [-0.2, 0) is 17.6 Å². The molecule has 3 aromatic rings. The van der Waals surface area contributed by atoms with Gasteiger partial charge in [-0.3, -0.25) is 0 Å². The van der Waals surface area contributed by atoms with Gasteiger partial charge in [-0.25, -0.2) is 9.78 Å². The quantitative estimate of drug-likeness (QED) is 0.403. The molecule has 0 fully saturated rings. The van der Waals surface area contributed by atoms with Crippen LogP contribution in [0, 0.1) is 11.3 Å². The number of carbonyl (C=O) groups excluding carboxylic acids is 1. The molecule has 2 N–H and O–H groups in total. The number of imidazole rings is 1. The fraction of sp³-hybridized carbons (Fsp3) is 0.250. The van der Waals surface area contributed by atoms with Gasteiger partial charge in [0.15, 0.2) is 11.6 Å². The average Bonchev–Trinajstić information content (AvgIpc) is 3.30. The highest BCUT2D eigenvalue weighted by Gasteiger charge is 2.22. The highest BCUT2D eigenvalue weighted by molar-refractivity contribution is 7.10. The van der Waals surface area contributed by atoms with Gasteiger partial charge in [0.2, 0.25) is 0 Å². The summed E-state index contributed by atoms with van der Waals surface area (Å²) in [5.74, 6) is -0.544. The number of carbonyl (C=O) groups is 1. The van der Waals surface area contributed by atoms with Gasteiger partial charge in [0.05, 0.1) is 16.6 Å². The molecule has 2 heterocycles. The summed E-state index contributed by atoms with van der Waals surface area (Å²) in [7, 11) is 0. The summed E-state index contributed by atoms with van der Waals surface area (Å²) >= 11 is 1.58. The van der Waals surface area contributed by atoms with Gasteiger partial charge in [-0.05, 0) is 43.4 Å². The zero-order chi connectivity index (χ0) is 18.8. The lowest BCUT2D eigenvalue weighted by Crippen LogP contribution is -2.12. The van der Waals surface area contributed by atoms with Crippen LogP contribution in [0.3, 0.4) is 0 Å². The summed E-state index contributed by atoms with van der Waals surface area (Å²) in [6.07, 6.45) is 4.10. The number of benzene rings is 1. The van der Waals surface area contributed by atoms with Crippen LogP contribution in [0.1, 0.15) is 39.5 Å². The van der Waals surface area contributed by atoms with E-state index in [0.717, 1.165) is 36.8 Å². The monoisotopic (exact) mass is 379 g/mol. The van der Waals surface area contributed by atoms with E-state index in [0.29, 0.717) is 11.1 Å². The molecule has 4 rings (SSSR count). The van der Waals surface area contributed by atoms with Crippen molar-refractivity contribution in [2.24, 2.45) is 0 Å². The number of ether oxygens (including phenoxy) is 1. The highest BCUT2D eigenvalue weighted by Crippen LogP contribution is 2.30. The fourth-order valence-corrected chi connectivity index (χ4v) is 4.39. The van der Waals surface area contributed by atoms with Crippen molar-refractivity contribution in [3.05, 3.63) is 57.2 Å². The predicted octanol–water partition coefficient (Wildman–Crippen LogP) is 4.15. The van der Waals surface area contributed by atoms with E-state index >= 15 is 0 Å². The van der Waals surface area contributed by atoms with Crippen molar-refractivity contribution in [1.82, 2.24) is 9.97 Å². The molecule has 0 bridgehead atoms. The second-order valence-corrected chi connectivity index (χ2v) is 7.33. The summed E-state index contributed by atoms with van der Waals surface area (Å²) in [5.41, 5.74) is 3.05. The number of H-pyrrole nitrogens is 1. The van der Waals surface area contributed by atoms with Gasteiger partial charge >= 0.3 is 5.97 Å². The van der Waals surface area contributed by atoms with Crippen LogP contribution in [0.15, 0.2) is 35.4 Å². The highest BCUT2D eigenvalue weighted by atomic mass is 32.1. The van der Waals surface area contributed by atoms with Crippen LogP contribution in [0.2, 0.25) is 0 Å². The number of hydrogen-bond donors (Lipinski definition) is 2. The van der Waals surface area contributed by atoms with Crippen molar-refractivity contribution < 1.29 is 14.6 Å². The maximum Gasteiger partial charge on any atom is 0.339 e. The first-order chi connectivity index (χ1) is 13.2. The fourth-order valence-electron chi connectivity index (χ4n) is 3.27. The molecule has 0 aliphatic heterocycles. The number of esters is 1. The number of rotatable bonds is 4. The third-order valence-electron chi connectivity index (χ3n) is 4.65. The van der Waals surface area contributed by atoms with Crippen molar-refractivity contribution in [3.63, 3.8) is 0 Å². The molecule has 0 saturated carbocycles. The standard InChI is InChI=1S/C20H17N3O3S/c21-9-13(19-22-15-6-2-3-7-16(15)23-19)17(24)10-26-20(25)14-11-27-18-8-4-1-5-12(14)18/h2-3,6-7,11,24H,1,4-5,8,10H2,(H,22,23)/b17-13-. The van der Waals surface area contributed by atoms with Crippen molar-refractivity contribution in [3.8, 4) is 6.07 Å². The number of nitriles is 1. The van der Waals surface area contributed by atoms with Crippen molar-refractivity contribution in [1.29, 1.82) is 5.26 Å². The molecule has 0 saturated heterocycles. The van der Waals surface area contributed by atoms with E-state index < -0.39 is 5.97 Å². The minimum atomic E-state index is -0.470. The largest absolute Gasteiger partial charge is 0.507 e. The van der Waals surface area contributed by atoms with E-state index in [1.165, 1.54) is 4.88 Å². The molecule has 0 unspecified atom stereocenters. The van der Waals surface area contributed by atoms with E-state index in [4.69, 9.17) is 4.74 Å². The van der Waals surface area contributed by atoms with Crippen LogP contribution < -0.4 is 0 Å². The van der Waals surface area contributed by atoms with Crippen LogP contribution in [0.5, 0.6) is 0 Å². The first-order valence-electron chi connectivity index (χ1n) is 8.71. The Morgan fingerprint density at radius 3 is 2.96 bits per heavy atom. The molecule has 27 heavy (non-hydrogen) atoms. The van der Waals surface area contributed by atoms with Crippen molar-refractivity contribution in [2.75, 3.05) is 6.61 Å². The number of thiophene rings is 1. The van der Waals surface area contributed by atoms with Gasteiger partial charge in [0, 0.05) is 10.3 Å². The molecule has 136 valence electrons. The topological polar surface area (TPSA) is 99.0 Å². The number of aryl methyl sites for hydroxylation is 1. The Labute approximate surface area is 159 Å². The van der Waals surface area contributed by atoms with Crippen molar-refractivity contribution >= 4 is 33.9 Å². The minimum Gasteiger partial charge on any atom is -0.507 e. The molecule has 0 spiro atoms. The van der Waals surface area contributed by atoms with Gasteiger partial charge in [-0.15, -0.1) is 11.3 Å². The van der Waals surface area contributed by atoms with Gasteiger partial charge in [-0.1, -0.05) is 12.1 Å². The summed E-state index contributed by atoms with van der Waals surface area (Å²) < 4.78 is 5.26. The Balaban J connectivity index is 1.53. The normalized spacial score (nSPS) is 14.3. The lowest BCUT2D eigenvalue weighted by Gasteiger charge is -2.12. The molecule has 7 heteroatoms. The Kier molecular flexibility index (Phi) is 4.65. The molecule has 1 aliphatic carbocycles. The van der Waals surface area contributed by atoms with Gasteiger partial charge in [-0.2, -0.15) is 5.26 Å². The maximum absolute atomic E-state index is 12.4. The van der Waals surface area contributed by atoms with E-state index in [2.05, 4.69) is 9.97 Å². The molecular formula is C20H17N3O3S. The van der Waals surface area contributed by atoms with E-state index in [9.17, 15) is 15.2 Å². The van der Waals surface area contributed by atoms with E-state index in [-0.39, 0.29) is 23.8 Å². The molecule has 2 aromatic heterocycles. The first kappa shape index (κ1) is 17.3. The number of aliphatic hydroxyl groups is 1. The van der Waals surface area contributed by atoms with Crippen LogP contribution in [0.25, 0.3) is 16.6 Å². The van der Waals surface area contributed by atoms with E-state index in [1.807, 2.05) is 29.6 Å². The number of para-hydroxylation sites is 2. The average molecular weight is 379 g/mol. The first-order valence-corrected chi connectivity index (χ1v) is 9.59. The second kappa shape index (κ2) is 7.25. The Hall–Kier alpha value is -3.11. The van der Waals surface area contributed by atoms with Crippen LogP contribution >= 0.6 is 11.3 Å². The molecule has 6 nitrogen and oxygen atoms in total. The van der Waals surface area contributed by atoms with E-state index in [1.54, 1.807) is 17.4 Å². The number of nitrogens with one attached hydrogen (secondary N) is 1. The molecule has 1 aliphatic rings. The zero-order valence-corrected chi connectivity index (χ0v) is 15.3. The molecule has 0 amide bonds. The molecular weight excluding hydrogens is 362 g/mol. The number of aromatic nitrogens is 2. The van der Waals surface area contributed by atoms with Gasteiger partial charge < -0.3 is 14.8 Å². The van der Waals surface area contributed by atoms with Crippen molar-refractivity contribution in [2.45, 2.75) is 25.7 Å². The SMILES string of the molecule is N#C/C(=C(/O)COC(=O)c1csc2c1CCCC2)c1nc2ccccc2[nH]1. The van der Waals surface area contributed by atoms with Gasteiger partial charge in [0.1, 0.15) is 18.2 Å². The Bertz CT molecular complexity index is 1050. The number of hydrogen-bond acceptors (Lipinski definition) is 6. The summed E-state index contributed by atoms with van der Waals surface area (Å²) in [4.78, 5) is 21.0. The van der Waals surface area contributed by atoms with Crippen LogP contribution in [0.4, 0.5) is 0 Å². The number of nitrogens with zero attached hydrogens (tertiary/aromatic N) is 2. The maximum atomic E-state index is 12.4. The lowest BCUT2D eigenvalue weighted by molar-refractivity contribution is 0.0502. The summed E-state index contributed by atoms with van der Waals surface area (Å²) in [6, 6.07) is 9.26. The number of allylic oxidation sites excluding steroid dienone is 1. The molecule has 1 aromatic carbocycles. The minimum absolute atomic E-state index is 0.0358. The number of fused-ring (bicyclic) bond motifs is 2. The van der Waals surface area contributed by atoms with Gasteiger partial charge in [0.25, 0.3) is 0 Å². The Morgan fingerprint density at radius 2 is 2.15 bits per heavy atom. The Morgan fingerprint density at radius 1 is 1.33 bits per heavy atom. The molecule has 0 radical (unpaired) electrons. The third kappa shape index (κ3) is 3.32. The predicted molar refractivity (Wildman–Crippen MR) is 102 cm³/mol. The smallest absolute Gasteiger partial charge is 0.339 e.